The maximum atomic E-state index is 11.9. The smallest absolute Gasteiger partial charge is 0.313 e. The van der Waals surface area contributed by atoms with Crippen LogP contribution in [0.15, 0.2) is 23.6 Å². The van der Waals surface area contributed by atoms with Gasteiger partial charge in [-0.3, -0.25) is 9.59 Å². The van der Waals surface area contributed by atoms with Gasteiger partial charge >= 0.3 is 5.97 Å². The maximum absolute atomic E-state index is 11.9. The lowest BCUT2D eigenvalue weighted by Gasteiger charge is -2.03. The molecule has 0 saturated carbocycles. The number of carbonyl (C=O) groups is 2. The quantitative estimate of drug-likeness (QED) is 0.0666. The van der Waals surface area contributed by atoms with Gasteiger partial charge in [-0.05, 0) is 32.1 Å². The van der Waals surface area contributed by atoms with Crippen molar-refractivity contribution in [1.29, 1.82) is 0 Å². The maximum Gasteiger partial charge on any atom is 0.313 e. The van der Waals surface area contributed by atoms with Gasteiger partial charge in [0.05, 0.1) is 13.7 Å². The Bertz CT molecular complexity index is 621. The summed E-state index contributed by atoms with van der Waals surface area (Å²) in [5.41, 5.74) is 0.520. The molecule has 0 atom stereocenters. The van der Waals surface area contributed by atoms with Gasteiger partial charge in [0.15, 0.2) is 10.8 Å². The minimum absolute atomic E-state index is 0.221. The monoisotopic (exact) mass is 450 g/mol. The number of unbranched alkanes of at least 4 members (excludes halogenated alkanes) is 12. The Morgan fingerprint density at radius 2 is 1.45 bits per heavy atom. The number of hydrogen-bond acceptors (Lipinski definition) is 5. The summed E-state index contributed by atoms with van der Waals surface area (Å²) in [6, 6.07) is 1.72. The summed E-state index contributed by atoms with van der Waals surface area (Å²) in [7, 11) is 1.28. The normalized spacial score (nSPS) is 11.2. The van der Waals surface area contributed by atoms with Crippen molar-refractivity contribution in [2.24, 2.45) is 0 Å². The Morgan fingerprint density at radius 1 is 0.871 bits per heavy atom. The minimum Gasteiger partial charge on any atom is -0.484 e. The van der Waals surface area contributed by atoms with Crippen LogP contribution in [0, 0.1) is 0 Å². The van der Waals surface area contributed by atoms with Crippen molar-refractivity contribution in [1.82, 2.24) is 0 Å². The number of esters is 1. The number of methoxy groups -OCH3 is 1. The second-order valence-electron chi connectivity index (χ2n) is 8.12. The number of hydrogen-bond donors (Lipinski definition) is 0. The van der Waals surface area contributed by atoms with E-state index < -0.39 is 5.97 Å². The summed E-state index contributed by atoms with van der Waals surface area (Å²) in [6.07, 6.45) is 22.6. The Kier molecular flexibility index (Phi) is 16.9. The third-order valence-electron chi connectivity index (χ3n) is 5.33. The van der Waals surface area contributed by atoms with Crippen molar-refractivity contribution in [3.05, 3.63) is 29.2 Å². The van der Waals surface area contributed by atoms with Gasteiger partial charge in [-0.15, -0.1) is 11.3 Å². The van der Waals surface area contributed by atoms with Gasteiger partial charge < -0.3 is 9.47 Å². The number of ketones is 1. The zero-order valence-corrected chi connectivity index (χ0v) is 20.5. The SMILES string of the molecule is CCCCCCCCC=CCCCCCCCCOc1cc(C(=O)CC(=O)OC)cs1. The van der Waals surface area contributed by atoms with Crippen LogP contribution in [0.25, 0.3) is 0 Å². The van der Waals surface area contributed by atoms with Crippen LogP contribution in [-0.4, -0.2) is 25.5 Å². The first-order valence-corrected chi connectivity index (χ1v) is 13.0. The Hall–Kier alpha value is -1.62. The van der Waals surface area contributed by atoms with Gasteiger partial charge in [0, 0.05) is 17.0 Å². The lowest BCUT2D eigenvalue weighted by Crippen LogP contribution is -2.08. The van der Waals surface area contributed by atoms with Crippen LogP contribution in [-0.2, 0) is 9.53 Å². The molecule has 176 valence electrons. The first-order chi connectivity index (χ1) is 15.2. The molecule has 0 unspecified atom stereocenters. The van der Waals surface area contributed by atoms with Crippen molar-refractivity contribution < 1.29 is 19.1 Å². The highest BCUT2D eigenvalue weighted by Gasteiger charge is 2.14. The van der Waals surface area contributed by atoms with Crippen LogP contribution in [0.2, 0.25) is 0 Å². The molecule has 0 spiro atoms. The van der Waals surface area contributed by atoms with Gasteiger partial charge in [0.1, 0.15) is 6.42 Å². The summed E-state index contributed by atoms with van der Waals surface area (Å²) >= 11 is 1.40. The number of rotatable bonds is 20. The molecule has 0 aliphatic carbocycles. The molecule has 1 rings (SSSR count). The molecule has 1 aromatic heterocycles. The van der Waals surface area contributed by atoms with E-state index in [1.54, 1.807) is 11.4 Å². The molecule has 0 amide bonds. The average molecular weight is 451 g/mol. The van der Waals surface area contributed by atoms with E-state index in [2.05, 4.69) is 23.8 Å². The number of thiophene rings is 1. The Labute approximate surface area is 193 Å². The van der Waals surface area contributed by atoms with E-state index >= 15 is 0 Å². The number of allylic oxidation sites excluding steroid dienone is 2. The average Bonchev–Trinajstić information content (AvgIpc) is 3.25. The molecular weight excluding hydrogens is 408 g/mol. The van der Waals surface area contributed by atoms with E-state index in [9.17, 15) is 9.59 Å². The van der Waals surface area contributed by atoms with Gasteiger partial charge in [-0.2, -0.15) is 0 Å². The van der Waals surface area contributed by atoms with Crippen LogP contribution < -0.4 is 4.74 Å². The second kappa shape index (κ2) is 19.1. The molecular formula is C26H42O4S. The van der Waals surface area contributed by atoms with Crippen molar-refractivity contribution >= 4 is 23.1 Å². The highest BCUT2D eigenvalue weighted by atomic mass is 32.1. The predicted octanol–water partition coefficient (Wildman–Crippen LogP) is 7.91. The standard InChI is InChI=1S/C26H42O4S/c1-3-4-5-6-7-8-9-10-11-12-13-14-15-16-17-18-19-30-26-20-23(22-31-26)24(27)21-25(28)29-2/h10-11,20,22H,3-9,12-19,21H2,1-2H3. The molecule has 0 aliphatic heterocycles. The summed E-state index contributed by atoms with van der Waals surface area (Å²) in [5, 5.41) is 2.48. The van der Waals surface area contributed by atoms with Crippen molar-refractivity contribution in [2.45, 2.75) is 103 Å². The first-order valence-electron chi connectivity index (χ1n) is 12.1. The number of Topliss-reactive ketones (excluding diaryl/α,β-unsaturated/α-hetero) is 1. The lowest BCUT2D eigenvalue weighted by molar-refractivity contribution is -0.139. The third kappa shape index (κ3) is 14.9. The Balaban J connectivity index is 1.91. The number of ether oxygens (including phenoxy) is 2. The fourth-order valence-electron chi connectivity index (χ4n) is 3.37. The molecule has 5 heteroatoms. The minimum atomic E-state index is -0.511. The van der Waals surface area contributed by atoms with Crippen LogP contribution in [0.1, 0.15) is 114 Å². The van der Waals surface area contributed by atoms with Crippen LogP contribution in [0.3, 0.4) is 0 Å². The van der Waals surface area contributed by atoms with Crippen molar-refractivity contribution in [2.75, 3.05) is 13.7 Å². The van der Waals surface area contributed by atoms with Crippen molar-refractivity contribution in [3.63, 3.8) is 0 Å². The summed E-state index contributed by atoms with van der Waals surface area (Å²) < 4.78 is 10.3. The molecule has 0 radical (unpaired) electrons. The molecule has 0 aliphatic rings. The van der Waals surface area contributed by atoms with Gasteiger partial charge in [0.2, 0.25) is 0 Å². The van der Waals surface area contributed by atoms with E-state index in [-0.39, 0.29) is 12.2 Å². The first kappa shape index (κ1) is 27.4. The van der Waals surface area contributed by atoms with E-state index in [0.29, 0.717) is 12.2 Å². The molecule has 0 N–H and O–H groups in total. The van der Waals surface area contributed by atoms with Gasteiger partial charge in [-0.25, -0.2) is 0 Å². The van der Waals surface area contributed by atoms with E-state index in [1.165, 1.54) is 102 Å². The molecule has 0 bridgehead atoms. The van der Waals surface area contributed by atoms with Crippen LogP contribution in [0.5, 0.6) is 5.06 Å². The van der Waals surface area contributed by atoms with Crippen molar-refractivity contribution in [3.8, 4) is 5.06 Å². The van der Waals surface area contributed by atoms with E-state index in [1.807, 2.05) is 0 Å². The van der Waals surface area contributed by atoms with E-state index in [4.69, 9.17) is 4.74 Å². The van der Waals surface area contributed by atoms with Crippen LogP contribution in [0.4, 0.5) is 0 Å². The fourth-order valence-corrected chi connectivity index (χ4v) is 4.16. The largest absolute Gasteiger partial charge is 0.484 e. The lowest BCUT2D eigenvalue weighted by atomic mass is 10.1. The fraction of sp³-hybridized carbons (Fsp3) is 0.692. The van der Waals surface area contributed by atoms with Gasteiger partial charge in [0.25, 0.3) is 0 Å². The molecule has 1 heterocycles. The summed E-state index contributed by atoms with van der Waals surface area (Å²) in [6.45, 7) is 2.94. The molecule has 1 aromatic rings. The molecule has 0 fully saturated rings. The highest BCUT2D eigenvalue weighted by molar-refractivity contribution is 7.12. The molecule has 0 saturated heterocycles. The second-order valence-corrected chi connectivity index (χ2v) is 8.99. The topological polar surface area (TPSA) is 52.6 Å². The van der Waals surface area contributed by atoms with E-state index in [0.717, 1.165) is 11.5 Å². The summed E-state index contributed by atoms with van der Waals surface area (Å²) in [4.78, 5) is 23.1. The highest BCUT2D eigenvalue weighted by Crippen LogP contribution is 2.24. The zero-order valence-electron chi connectivity index (χ0n) is 19.7. The Morgan fingerprint density at radius 3 is 2.06 bits per heavy atom. The third-order valence-corrected chi connectivity index (χ3v) is 6.17. The summed E-state index contributed by atoms with van der Waals surface area (Å²) in [5.74, 6) is -0.738. The zero-order chi connectivity index (χ0) is 22.6. The number of carbonyl (C=O) groups excluding carboxylic acids is 2. The molecule has 0 aromatic carbocycles. The predicted molar refractivity (Wildman–Crippen MR) is 130 cm³/mol. The molecule has 31 heavy (non-hydrogen) atoms. The molecule has 4 nitrogen and oxygen atoms in total. The van der Waals surface area contributed by atoms with Crippen LogP contribution >= 0.6 is 11.3 Å². The van der Waals surface area contributed by atoms with Gasteiger partial charge in [-0.1, -0.05) is 76.9 Å².